The van der Waals surface area contributed by atoms with Crippen LogP contribution < -0.4 is 5.32 Å². The lowest BCUT2D eigenvalue weighted by Gasteiger charge is -2.25. The fourth-order valence-electron chi connectivity index (χ4n) is 4.72. The van der Waals surface area contributed by atoms with Gasteiger partial charge in [-0.25, -0.2) is 4.79 Å². The smallest absolute Gasteiger partial charge is 0.325 e. The molecule has 0 spiro atoms. The lowest BCUT2D eigenvalue weighted by Crippen LogP contribution is -2.43. The van der Waals surface area contributed by atoms with Gasteiger partial charge in [0.25, 0.3) is 5.91 Å². The minimum absolute atomic E-state index is 0.162. The number of carbonyl (C=O) groups excluding carboxylic acids is 3. The number of aryl methyl sites for hydroxylation is 1. The van der Waals surface area contributed by atoms with Crippen LogP contribution in [0, 0.1) is 13.8 Å². The van der Waals surface area contributed by atoms with E-state index in [-0.39, 0.29) is 24.3 Å². The van der Waals surface area contributed by atoms with Crippen LogP contribution in [0.4, 0.5) is 4.79 Å². The van der Waals surface area contributed by atoms with Crippen molar-refractivity contribution in [2.75, 3.05) is 13.2 Å². The van der Waals surface area contributed by atoms with E-state index in [1.54, 1.807) is 0 Å². The van der Waals surface area contributed by atoms with Gasteiger partial charge in [0.05, 0.1) is 12.6 Å². The highest BCUT2D eigenvalue weighted by Gasteiger charge is 2.51. The van der Waals surface area contributed by atoms with E-state index in [0.29, 0.717) is 18.5 Å². The van der Waals surface area contributed by atoms with E-state index in [9.17, 15) is 14.4 Å². The van der Waals surface area contributed by atoms with E-state index >= 15 is 0 Å². The number of carbonyl (C=O) groups is 3. The van der Waals surface area contributed by atoms with Gasteiger partial charge in [0, 0.05) is 30.1 Å². The molecule has 2 atom stereocenters. The summed E-state index contributed by atoms with van der Waals surface area (Å²) >= 11 is 0. The Balaban J connectivity index is 1.55. The lowest BCUT2D eigenvalue weighted by atomic mass is 9.87. The molecule has 0 aliphatic carbocycles. The minimum Gasteiger partial charge on any atom is -0.376 e. The summed E-state index contributed by atoms with van der Waals surface area (Å²) in [7, 11) is 0. The summed E-state index contributed by atoms with van der Waals surface area (Å²) in [6.45, 7) is 6.94. The van der Waals surface area contributed by atoms with Gasteiger partial charge in [-0.15, -0.1) is 0 Å². The van der Waals surface area contributed by atoms with Crippen molar-refractivity contribution in [1.29, 1.82) is 0 Å². The van der Waals surface area contributed by atoms with Crippen molar-refractivity contribution in [2.24, 2.45) is 0 Å². The first-order valence-electron chi connectivity index (χ1n) is 10.9. The van der Waals surface area contributed by atoms with E-state index in [2.05, 4.69) is 9.88 Å². The van der Waals surface area contributed by atoms with Crippen LogP contribution in [-0.2, 0) is 21.6 Å². The number of ether oxygens (including phenoxy) is 1. The zero-order valence-electron chi connectivity index (χ0n) is 18.3. The van der Waals surface area contributed by atoms with Gasteiger partial charge in [-0.1, -0.05) is 37.3 Å². The van der Waals surface area contributed by atoms with Crippen molar-refractivity contribution < 1.29 is 19.1 Å². The molecule has 0 bridgehead atoms. The fraction of sp³-hybridized carbons (Fsp3) is 0.458. The van der Waals surface area contributed by atoms with Crippen molar-refractivity contribution >= 4 is 17.7 Å². The van der Waals surface area contributed by atoms with E-state index in [4.69, 9.17) is 4.74 Å². The van der Waals surface area contributed by atoms with Crippen LogP contribution in [0.25, 0.3) is 0 Å². The molecule has 2 aliphatic heterocycles. The summed E-state index contributed by atoms with van der Waals surface area (Å²) in [6.07, 6.45) is 2.64. The van der Waals surface area contributed by atoms with Gasteiger partial charge >= 0.3 is 6.03 Å². The minimum atomic E-state index is -1.13. The van der Waals surface area contributed by atoms with Crippen LogP contribution in [0.3, 0.4) is 0 Å². The largest absolute Gasteiger partial charge is 0.376 e. The summed E-state index contributed by atoms with van der Waals surface area (Å²) in [6, 6.07) is 10.5. The number of hydrogen-bond acceptors (Lipinski definition) is 4. The van der Waals surface area contributed by atoms with E-state index in [1.165, 1.54) is 0 Å². The molecule has 31 heavy (non-hydrogen) atoms. The molecule has 0 saturated carbocycles. The molecule has 3 amide bonds. The standard InChI is InChI=1S/C24H29N3O4/c1-4-24(18-9-6-5-7-10-18)22(29)27(23(30)25-24)15-21(28)20-13-16(2)26(17(20)3)14-19-11-8-12-31-19/h5-7,9-10,13,19H,4,8,11-12,14-15H2,1-3H3,(H,25,30). The molecule has 1 N–H and O–H groups in total. The molecule has 164 valence electrons. The van der Waals surface area contributed by atoms with E-state index in [0.717, 1.165) is 41.3 Å². The second-order valence-electron chi connectivity index (χ2n) is 8.40. The molecule has 2 unspecified atom stereocenters. The van der Waals surface area contributed by atoms with Gasteiger partial charge < -0.3 is 14.6 Å². The summed E-state index contributed by atoms with van der Waals surface area (Å²) < 4.78 is 7.83. The molecule has 2 aliphatic rings. The highest BCUT2D eigenvalue weighted by atomic mass is 16.5. The summed E-state index contributed by atoms with van der Waals surface area (Å²) in [5.74, 6) is -0.622. The number of nitrogens with one attached hydrogen (secondary N) is 1. The number of hydrogen-bond donors (Lipinski definition) is 1. The second kappa shape index (κ2) is 8.30. The monoisotopic (exact) mass is 423 g/mol. The number of rotatable bonds is 7. The molecule has 7 nitrogen and oxygen atoms in total. The maximum Gasteiger partial charge on any atom is 0.325 e. The molecule has 1 aromatic heterocycles. The third-order valence-electron chi connectivity index (χ3n) is 6.56. The Bertz CT molecular complexity index is 1010. The van der Waals surface area contributed by atoms with Gasteiger partial charge in [0.15, 0.2) is 5.78 Å². The number of amides is 3. The maximum atomic E-state index is 13.3. The number of aromatic nitrogens is 1. The Morgan fingerprint density at radius 1 is 1.23 bits per heavy atom. The number of benzene rings is 1. The fourth-order valence-corrected chi connectivity index (χ4v) is 4.72. The van der Waals surface area contributed by atoms with Gasteiger partial charge in [0.2, 0.25) is 0 Å². The third kappa shape index (κ3) is 3.67. The van der Waals surface area contributed by atoms with Gasteiger partial charge in [-0.05, 0) is 44.7 Å². The molecule has 0 radical (unpaired) electrons. The highest BCUT2D eigenvalue weighted by Crippen LogP contribution is 2.32. The molecule has 4 rings (SSSR count). The topological polar surface area (TPSA) is 80.6 Å². The molecule has 2 aromatic rings. The normalized spacial score (nSPS) is 23.5. The Labute approximate surface area is 182 Å². The zero-order valence-corrected chi connectivity index (χ0v) is 18.3. The number of urea groups is 1. The van der Waals surface area contributed by atoms with Crippen LogP contribution >= 0.6 is 0 Å². The van der Waals surface area contributed by atoms with Crippen LogP contribution in [0.15, 0.2) is 36.4 Å². The maximum absolute atomic E-state index is 13.3. The molecule has 3 heterocycles. The van der Waals surface area contributed by atoms with Crippen LogP contribution in [0.5, 0.6) is 0 Å². The molecule has 2 fully saturated rings. The zero-order chi connectivity index (χ0) is 22.2. The third-order valence-corrected chi connectivity index (χ3v) is 6.56. The average molecular weight is 424 g/mol. The predicted octanol–water partition coefficient (Wildman–Crippen LogP) is 3.32. The quantitative estimate of drug-likeness (QED) is 0.547. The summed E-state index contributed by atoms with van der Waals surface area (Å²) in [5.41, 5.74) is 1.95. The number of nitrogens with zero attached hydrogens (tertiary/aromatic N) is 2. The SMILES string of the molecule is CCC1(c2ccccc2)NC(=O)N(CC(=O)c2cc(C)n(CC3CCCO3)c2C)C1=O. The molecular weight excluding hydrogens is 394 g/mol. The Hall–Kier alpha value is -2.93. The Morgan fingerprint density at radius 2 is 1.97 bits per heavy atom. The summed E-state index contributed by atoms with van der Waals surface area (Å²) in [5, 5.41) is 2.83. The van der Waals surface area contributed by atoms with Gasteiger partial charge in [-0.3, -0.25) is 14.5 Å². The average Bonchev–Trinajstić information content (AvgIpc) is 3.45. The Morgan fingerprint density at radius 3 is 2.61 bits per heavy atom. The van der Waals surface area contributed by atoms with E-state index < -0.39 is 11.6 Å². The molecule has 1 aromatic carbocycles. The molecule has 2 saturated heterocycles. The van der Waals surface area contributed by atoms with Crippen molar-refractivity contribution in [1.82, 2.24) is 14.8 Å². The van der Waals surface area contributed by atoms with Crippen LogP contribution in [0.2, 0.25) is 0 Å². The predicted molar refractivity (Wildman–Crippen MR) is 116 cm³/mol. The lowest BCUT2D eigenvalue weighted by molar-refractivity contribution is -0.131. The number of ketones is 1. The van der Waals surface area contributed by atoms with E-state index in [1.807, 2.05) is 57.2 Å². The van der Waals surface area contributed by atoms with Crippen molar-refractivity contribution in [3.05, 3.63) is 58.9 Å². The molecular formula is C24H29N3O4. The van der Waals surface area contributed by atoms with Gasteiger partial charge in [0.1, 0.15) is 5.54 Å². The Kier molecular flexibility index (Phi) is 5.71. The first-order valence-corrected chi connectivity index (χ1v) is 10.9. The van der Waals surface area contributed by atoms with Crippen LogP contribution in [-0.4, -0.2) is 46.4 Å². The first kappa shape index (κ1) is 21.3. The van der Waals surface area contributed by atoms with Crippen molar-refractivity contribution in [2.45, 2.75) is 58.2 Å². The number of imide groups is 1. The summed E-state index contributed by atoms with van der Waals surface area (Å²) in [4.78, 5) is 40.2. The van der Waals surface area contributed by atoms with Crippen molar-refractivity contribution in [3.63, 3.8) is 0 Å². The number of Topliss-reactive ketones (excluding diaryl/α,β-unsaturated/α-hetero) is 1. The van der Waals surface area contributed by atoms with Gasteiger partial charge in [-0.2, -0.15) is 0 Å². The highest BCUT2D eigenvalue weighted by molar-refractivity contribution is 6.11. The van der Waals surface area contributed by atoms with Crippen LogP contribution in [0.1, 0.15) is 53.5 Å². The van der Waals surface area contributed by atoms with Crippen molar-refractivity contribution in [3.8, 4) is 0 Å². The first-order chi connectivity index (χ1) is 14.9. The molecule has 7 heteroatoms. The second-order valence-corrected chi connectivity index (χ2v) is 8.40.